The van der Waals surface area contributed by atoms with E-state index in [9.17, 15) is 0 Å². The number of piperidine rings is 1. The van der Waals surface area contributed by atoms with Crippen LogP contribution in [0.3, 0.4) is 0 Å². The Morgan fingerprint density at radius 3 is 2.91 bits per heavy atom. The maximum absolute atomic E-state index is 6.47. The second-order valence-corrected chi connectivity index (χ2v) is 9.86. The number of pyridine rings is 1. The number of fused-ring (bicyclic) bond motifs is 3. The molecular weight excluding hydrogens is 426 g/mol. The predicted octanol–water partition coefficient (Wildman–Crippen LogP) is 3.61. The molecule has 1 aliphatic heterocycles. The molecule has 0 radical (unpaired) electrons. The van der Waals surface area contributed by atoms with Crippen molar-refractivity contribution in [2.75, 3.05) is 32.0 Å². The Kier molecular flexibility index (Phi) is 5.06. The number of anilines is 1. The number of nitrogen functional groups attached to an aromatic ring is 1. The van der Waals surface area contributed by atoms with E-state index < -0.39 is 0 Å². The summed E-state index contributed by atoms with van der Waals surface area (Å²) in [6, 6.07) is 14.3. The molecule has 2 N–H and O–H groups in total. The summed E-state index contributed by atoms with van der Waals surface area (Å²) >= 11 is 0. The lowest BCUT2D eigenvalue weighted by Crippen LogP contribution is -2.49. The van der Waals surface area contributed by atoms with Gasteiger partial charge in [0.25, 0.3) is 0 Å². The quantitative estimate of drug-likeness (QED) is 0.476. The van der Waals surface area contributed by atoms with E-state index in [1.165, 1.54) is 12.8 Å². The molecule has 4 heterocycles. The molecule has 2 aliphatic rings. The first-order chi connectivity index (χ1) is 16.5. The van der Waals surface area contributed by atoms with E-state index in [0.29, 0.717) is 18.5 Å². The fourth-order valence-electron chi connectivity index (χ4n) is 6.08. The summed E-state index contributed by atoms with van der Waals surface area (Å²) in [6.45, 7) is 5.53. The van der Waals surface area contributed by atoms with Crippen molar-refractivity contribution < 1.29 is 4.74 Å². The smallest absolute Gasteiger partial charge is 0.221 e. The summed E-state index contributed by atoms with van der Waals surface area (Å²) in [6.07, 6.45) is 5.37. The van der Waals surface area contributed by atoms with Crippen LogP contribution < -0.4 is 10.5 Å². The molecule has 34 heavy (non-hydrogen) atoms. The lowest BCUT2D eigenvalue weighted by atomic mass is 9.90. The van der Waals surface area contributed by atoms with Crippen LogP contribution >= 0.6 is 0 Å². The van der Waals surface area contributed by atoms with Gasteiger partial charge in [0.1, 0.15) is 6.61 Å². The van der Waals surface area contributed by atoms with Crippen molar-refractivity contribution in [1.29, 1.82) is 0 Å². The second-order valence-electron chi connectivity index (χ2n) is 9.86. The summed E-state index contributed by atoms with van der Waals surface area (Å²) in [7, 11) is 1.91. The summed E-state index contributed by atoms with van der Waals surface area (Å²) in [5, 5.41) is 4.42. The van der Waals surface area contributed by atoms with Gasteiger partial charge in [-0.2, -0.15) is 5.10 Å². The van der Waals surface area contributed by atoms with E-state index >= 15 is 0 Å². The van der Waals surface area contributed by atoms with E-state index in [2.05, 4.69) is 36.7 Å². The molecule has 0 spiro atoms. The molecule has 8 heteroatoms. The largest absolute Gasteiger partial charge is 0.476 e. The highest BCUT2D eigenvalue weighted by Gasteiger charge is 2.47. The number of ether oxygens (including phenoxy) is 1. The number of hydrogen-bond acceptors (Lipinski definition) is 6. The maximum atomic E-state index is 6.47. The van der Waals surface area contributed by atoms with Crippen LogP contribution in [0.25, 0.3) is 22.3 Å². The van der Waals surface area contributed by atoms with E-state index in [-0.39, 0.29) is 5.54 Å². The monoisotopic (exact) mass is 457 g/mol. The van der Waals surface area contributed by atoms with Crippen LogP contribution in [0.2, 0.25) is 0 Å². The zero-order valence-corrected chi connectivity index (χ0v) is 19.8. The molecule has 4 aromatic rings. The van der Waals surface area contributed by atoms with Crippen molar-refractivity contribution in [2.45, 2.75) is 31.7 Å². The SMILES string of the molecule is Cc1cccc(-c2cnn(C)c2OCCN2CC3CCC(n4c(N)nc5ccccc54)(C3)C2)n1. The minimum atomic E-state index is 0.00623. The highest BCUT2D eigenvalue weighted by atomic mass is 16.5. The third kappa shape index (κ3) is 3.53. The van der Waals surface area contributed by atoms with Crippen LogP contribution in [0.4, 0.5) is 5.95 Å². The average Bonchev–Trinajstić information content (AvgIpc) is 3.46. The zero-order valence-electron chi connectivity index (χ0n) is 19.8. The van der Waals surface area contributed by atoms with Crippen LogP contribution in [0.1, 0.15) is 25.0 Å². The number of rotatable bonds is 6. The molecule has 1 aliphatic carbocycles. The molecule has 0 amide bonds. The fraction of sp³-hybridized carbons (Fsp3) is 0.423. The molecule has 1 saturated carbocycles. The second kappa shape index (κ2) is 8.13. The third-order valence-electron chi connectivity index (χ3n) is 7.48. The minimum Gasteiger partial charge on any atom is -0.476 e. The standard InChI is InChI=1S/C26H31N7O/c1-18-6-5-8-21(29-18)20-15-28-31(2)24(20)34-13-12-32-16-19-10-11-26(14-19,17-32)33-23-9-4-3-7-22(23)30-25(33)27/h3-9,15,19H,10-14,16-17H2,1-2H3,(H2,27,30). The van der Waals surface area contributed by atoms with Crippen LogP contribution in [0.15, 0.2) is 48.7 Å². The predicted molar refractivity (Wildman–Crippen MR) is 133 cm³/mol. The van der Waals surface area contributed by atoms with Gasteiger partial charge in [-0.25, -0.2) is 9.67 Å². The van der Waals surface area contributed by atoms with Crippen molar-refractivity contribution >= 4 is 17.0 Å². The third-order valence-corrected chi connectivity index (χ3v) is 7.48. The molecule has 2 fully saturated rings. The number of nitrogens with two attached hydrogens (primary N) is 1. The minimum absolute atomic E-state index is 0.00623. The van der Waals surface area contributed by atoms with Crippen molar-refractivity contribution in [3.8, 4) is 17.1 Å². The molecule has 1 aromatic carbocycles. The van der Waals surface area contributed by atoms with E-state index in [4.69, 9.17) is 10.5 Å². The number of imidazole rings is 1. The normalized spacial score (nSPS) is 22.5. The summed E-state index contributed by atoms with van der Waals surface area (Å²) in [5.41, 5.74) is 11.4. The van der Waals surface area contributed by atoms with Crippen LogP contribution in [-0.4, -0.2) is 55.5 Å². The lowest BCUT2D eigenvalue weighted by Gasteiger charge is -2.42. The molecule has 176 valence electrons. The van der Waals surface area contributed by atoms with E-state index in [0.717, 1.165) is 59.9 Å². The van der Waals surface area contributed by atoms with Gasteiger partial charge < -0.3 is 15.0 Å². The van der Waals surface area contributed by atoms with Gasteiger partial charge in [0, 0.05) is 32.4 Å². The summed E-state index contributed by atoms with van der Waals surface area (Å²) < 4.78 is 10.4. The number of hydrogen-bond donors (Lipinski definition) is 1. The van der Waals surface area contributed by atoms with Gasteiger partial charge >= 0.3 is 0 Å². The molecule has 2 atom stereocenters. The van der Waals surface area contributed by atoms with Gasteiger partial charge in [-0.15, -0.1) is 0 Å². The first-order valence-electron chi connectivity index (χ1n) is 12.1. The van der Waals surface area contributed by atoms with E-state index in [1.807, 2.05) is 50.5 Å². The topological polar surface area (TPSA) is 87.0 Å². The first kappa shape index (κ1) is 21.2. The van der Waals surface area contributed by atoms with Crippen molar-refractivity contribution in [3.05, 3.63) is 54.4 Å². The maximum Gasteiger partial charge on any atom is 0.221 e. The Balaban J connectivity index is 1.19. The highest BCUT2D eigenvalue weighted by molar-refractivity contribution is 5.78. The number of likely N-dealkylation sites (tertiary alicyclic amines) is 1. The van der Waals surface area contributed by atoms with Crippen molar-refractivity contribution in [2.24, 2.45) is 13.0 Å². The van der Waals surface area contributed by atoms with Gasteiger partial charge in [0.2, 0.25) is 11.8 Å². The lowest BCUT2D eigenvalue weighted by molar-refractivity contribution is 0.0908. The summed E-state index contributed by atoms with van der Waals surface area (Å²) in [5.74, 6) is 2.07. The van der Waals surface area contributed by atoms with Crippen LogP contribution in [0.5, 0.6) is 5.88 Å². The molecule has 2 unspecified atom stereocenters. The Morgan fingerprint density at radius 2 is 2.03 bits per heavy atom. The van der Waals surface area contributed by atoms with Gasteiger partial charge in [-0.3, -0.25) is 9.88 Å². The fourth-order valence-corrected chi connectivity index (χ4v) is 6.08. The number of para-hydroxylation sites is 2. The number of aromatic nitrogens is 5. The van der Waals surface area contributed by atoms with Crippen molar-refractivity contribution in [1.82, 2.24) is 29.2 Å². The van der Waals surface area contributed by atoms with Gasteiger partial charge in [0.15, 0.2) is 0 Å². The summed E-state index contributed by atoms with van der Waals surface area (Å²) in [4.78, 5) is 11.8. The van der Waals surface area contributed by atoms with E-state index in [1.54, 1.807) is 4.68 Å². The zero-order chi connectivity index (χ0) is 23.3. The molecule has 2 bridgehead atoms. The Labute approximate surface area is 199 Å². The van der Waals surface area contributed by atoms with Crippen LogP contribution in [-0.2, 0) is 12.6 Å². The molecule has 3 aromatic heterocycles. The van der Waals surface area contributed by atoms with Gasteiger partial charge in [-0.1, -0.05) is 18.2 Å². The first-order valence-corrected chi connectivity index (χ1v) is 12.1. The number of benzene rings is 1. The number of nitrogens with zero attached hydrogens (tertiary/aromatic N) is 6. The van der Waals surface area contributed by atoms with Crippen LogP contribution in [0, 0.1) is 12.8 Å². The van der Waals surface area contributed by atoms with Crippen molar-refractivity contribution in [3.63, 3.8) is 0 Å². The highest BCUT2D eigenvalue weighted by Crippen LogP contribution is 2.47. The Hall–Kier alpha value is -3.39. The molecule has 8 nitrogen and oxygen atoms in total. The Bertz CT molecular complexity index is 1340. The number of aryl methyl sites for hydroxylation is 2. The molecule has 6 rings (SSSR count). The Morgan fingerprint density at radius 1 is 1.15 bits per heavy atom. The average molecular weight is 458 g/mol. The molecule has 1 saturated heterocycles. The van der Waals surface area contributed by atoms with Gasteiger partial charge in [-0.05, 0) is 56.4 Å². The molecular formula is C26H31N7O. The van der Waals surface area contributed by atoms with Gasteiger partial charge in [0.05, 0.1) is 34.0 Å².